The first-order valence-electron chi connectivity index (χ1n) is 14.2. The Hall–Kier alpha value is -2.52. The average molecular weight is 616 g/mol. The molecule has 0 saturated carbocycles. The summed E-state index contributed by atoms with van der Waals surface area (Å²) < 4.78 is 0.0709. The van der Waals surface area contributed by atoms with E-state index >= 15 is 0 Å². The lowest BCUT2D eigenvalue weighted by atomic mass is 10.1. The van der Waals surface area contributed by atoms with Crippen LogP contribution in [0.4, 0.5) is 0 Å². The van der Waals surface area contributed by atoms with Crippen molar-refractivity contribution in [2.75, 3.05) is 31.9 Å². The number of piperazine rings is 1. The second-order valence-electron chi connectivity index (χ2n) is 10.8. The van der Waals surface area contributed by atoms with E-state index in [1.807, 2.05) is 6.92 Å². The molecule has 1 saturated heterocycles. The summed E-state index contributed by atoms with van der Waals surface area (Å²) in [7, 11) is 3.27. The van der Waals surface area contributed by atoms with Crippen molar-refractivity contribution in [3.05, 3.63) is 0 Å². The van der Waals surface area contributed by atoms with E-state index in [9.17, 15) is 19.2 Å². The molecule has 9 N–H and O–H groups in total. The zero-order chi connectivity index (χ0) is 30.8. The SMILES string of the molecule is CCCCN=C(N)NC(=O)C(N)CCCN=C(N)NC(=O)CCCCCN1CC(=O)NC(CSSC(C)(C)C)C1=O. The standard InChI is InChI=1S/C26H49N9O4S2/c1-5-6-13-30-25(29)34-22(38)18(27)11-10-14-31-24(28)33-20(36)12-8-7-9-15-35-16-21(37)32-19(23(35)39)17-40-41-26(2,3)4/h18-19H,5-17,27H2,1-4H3,(H,32,37)(H3,28,31,33,36)(H3,29,30,34,38). The summed E-state index contributed by atoms with van der Waals surface area (Å²) in [6.45, 7) is 9.74. The molecule has 0 spiro atoms. The van der Waals surface area contributed by atoms with Crippen LogP contribution in [0.5, 0.6) is 0 Å². The number of hydrogen-bond acceptors (Lipinski definition) is 9. The lowest BCUT2D eigenvalue weighted by molar-refractivity contribution is -0.143. The van der Waals surface area contributed by atoms with E-state index in [2.05, 4.69) is 46.7 Å². The van der Waals surface area contributed by atoms with Gasteiger partial charge < -0.3 is 27.4 Å². The van der Waals surface area contributed by atoms with Gasteiger partial charge in [0.15, 0.2) is 11.9 Å². The number of amides is 4. The summed E-state index contributed by atoms with van der Waals surface area (Å²) in [5.74, 6) is -0.262. The zero-order valence-electron chi connectivity index (χ0n) is 24.9. The number of nitrogens with one attached hydrogen (secondary N) is 3. The third-order valence-electron chi connectivity index (χ3n) is 5.76. The van der Waals surface area contributed by atoms with Gasteiger partial charge in [0.2, 0.25) is 23.6 Å². The molecule has 0 aromatic rings. The zero-order valence-corrected chi connectivity index (χ0v) is 26.5. The maximum Gasteiger partial charge on any atom is 0.246 e. The highest BCUT2D eigenvalue weighted by atomic mass is 33.1. The molecule has 0 aromatic heterocycles. The van der Waals surface area contributed by atoms with Crippen LogP contribution in [0.1, 0.15) is 79.1 Å². The number of carbonyl (C=O) groups is 4. The molecule has 15 heteroatoms. The van der Waals surface area contributed by atoms with Crippen LogP contribution in [0.2, 0.25) is 0 Å². The van der Waals surface area contributed by atoms with Gasteiger partial charge in [0.25, 0.3) is 0 Å². The second-order valence-corrected chi connectivity index (χ2v) is 14.0. The first kappa shape index (κ1) is 36.5. The fourth-order valence-corrected chi connectivity index (χ4v) is 6.08. The molecule has 0 bridgehead atoms. The highest BCUT2D eigenvalue weighted by molar-refractivity contribution is 8.77. The minimum absolute atomic E-state index is 0.0128. The summed E-state index contributed by atoms with van der Waals surface area (Å²) in [5, 5.41) is 7.83. The van der Waals surface area contributed by atoms with Gasteiger partial charge in [0, 0.05) is 36.6 Å². The van der Waals surface area contributed by atoms with Gasteiger partial charge in [0.05, 0.1) is 12.6 Å². The van der Waals surface area contributed by atoms with Crippen LogP contribution in [-0.2, 0) is 19.2 Å². The number of hydrogen-bond donors (Lipinski definition) is 6. The van der Waals surface area contributed by atoms with Crippen LogP contribution >= 0.6 is 21.6 Å². The Labute approximate surface area is 251 Å². The van der Waals surface area contributed by atoms with Crippen LogP contribution < -0.4 is 33.2 Å². The predicted octanol–water partition coefficient (Wildman–Crippen LogP) is 0.823. The molecular formula is C26H49N9O4S2. The van der Waals surface area contributed by atoms with Crippen molar-refractivity contribution in [1.82, 2.24) is 20.9 Å². The number of aliphatic imine (C=N–C) groups is 2. The lowest BCUT2D eigenvalue weighted by Crippen LogP contribution is -2.59. The monoisotopic (exact) mass is 615 g/mol. The third kappa shape index (κ3) is 17.1. The number of nitrogens with zero attached hydrogens (tertiary/aromatic N) is 3. The molecular weight excluding hydrogens is 566 g/mol. The van der Waals surface area contributed by atoms with Gasteiger partial charge in [-0.2, -0.15) is 0 Å². The Morgan fingerprint density at radius 3 is 2.37 bits per heavy atom. The van der Waals surface area contributed by atoms with Gasteiger partial charge >= 0.3 is 0 Å². The molecule has 2 unspecified atom stereocenters. The van der Waals surface area contributed by atoms with Crippen molar-refractivity contribution in [3.8, 4) is 0 Å². The van der Waals surface area contributed by atoms with E-state index in [1.54, 1.807) is 26.5 Å². The van der Waals surface area contributed by atoms with Crippen LogP contribution in [0.15, 0.2) is 9.98 Å². The fraction of sp³-hybridized carbons (Fsp3) is 0.769. The summed E-state index contributed by atoms with van der Waals surface area (Å²) >= 11 is 0. The van der Waals surface area contributed by atoms with Gasteiger partial charge in [-0.15, -0.1) is 0 Å². The topological polar surface area (TPSA) is 210 Å². The summed E-state index contributed by atoms with van der Waals surface area (Å²) in [6, 6.07) is -1.27. The largest absolute Gasteiger partial charge is 0.370 e. The summed E-state index contributed by atoms with van der Waals surface area (Å²) in [5.41, 5.74) is 17.4. The van der Waals surface area contributed by atoms with Gasteiger partial charge in [0.1, 0.15) is 6.04 Å². The van der Waals surface area contributed by atoms with Gasteiger partial charge in [-0.3, -0.25) is 39.8 Å². The predicted molar refractivity (Wildman–Crippen MR) is 168 cm³/mol. The molecule has 234 valence electrons. The van der Waals surface area contributed by atoms with Crippen LogP contribution in [0.3, 0.4) is 0 Å². The number of rotatable bonds is 17. The molecule has 1 fully saturated rings. The molecule has 1 heterocycles. The van der Waals surface area contributed by atoms with Gasteiger partial charge in [-0.05, 0) is 32.1 Å². The molecule has 0 radical (unpaired) electrons. The van der Waals surface area contributed by atoms with E-state index in [0.717, 1.165) is 19.3 Å². The molecule has 0 aromatic carbocycles. The lowest BCUT2D eigenvalue weighted by Gasteiger charge is -2.32. The molecule has 2 atom stereocenters. The second kappa shape index (κ2) is 19.6. The van der Waals surface area contributed by atoms with Crippen LogP contribution in [0, 0.1) is 0 Å². The Morgan fingerprint density at radius 2 is 1.71 bits per heavy atom. The number of guanidine groups is 2. The first-order chi connectivity index (χ1) is 19.3. The quantitative estimate of drug-likeness (QED) is 0.0591. The molecule has 4 amide bonds. The summed E-state index contributed by atoms with van der Waals surface area (Å²) in [6.07, 6.45) is 5.04. The van der Waals surface area contributed by atoms with Crippen LogP contribution in [-0.4, -0.2) is 89.2 Å². The molecule has 1 rings (SSSR count). The molecule has 13 nitrogen and oxygen atoms in total. The molecule has 1 aliphatic heterocycles. The number of unbranched alkanes of at least 4 members (excludes halogenated alkanes) is 3. The normalized spacial score (nSPS) is 17.3. The minimum atomic E-state index is -0.757. The number of nitrogens with two attached hydrogens (primary N) is 3. The minimum Gasteiger partial charge on any atom is -0.370 e. The summed E-state index contributed by atoms with van der Waals surface area (Å²) in [4.78, 5) is 58.8. The maximum absolute atomic E-state index is 12.7. The van der Waals surface area contributed by atoms with E-state index in [0.29, 0.717) is 51.1 Å². The number of carbonyl (C=O) groups excluding carboxylic acids is 4. The molecule has 0 aliphatic carbocycles. The third-order valence-corrected chi connectivity index (χ3v) is 9.11. The van der Waals surface area contributed by atoms with Gasteiger partial charge in [-0.1, -0.05) is 62.1 Å². The maximum atomic E-state index is 12.7. The fourth-order valence-electron chi connectivity index (χ4n) is 3.62. The van der Waals surface area contributed by atoms with E-state index in [1.165, 1.54) is 0 Å². The van der Waals surface area contributed by atoms with E-state index in [4.69, 9.17) is 17.2 Å². The van der Waals surface area contributed by atoms with Crippen molar-refractivity contribution in [3.63, 3.8) is 0 Å². The van der Waals surface area contributed by atoms with Crippen molar-refractivity contribution >= 4 is 57.1 Å². The van der Waals surface area contributed by atoms with Crippen molar-refractivity contribution in [2.45, 2.75) is 95.9 Å². The van der Waals surface area contributed by atoms with Crippen molar-refractivity contribution < 1.29 is 19.2 Å². The molecule has 41 heavy (non-hydrogen) atoms. The van der Waals surface area contributed by atoms with Gasteiger partial charge in [-0.25, -0.2) is 0 Å². The van der Waals surface area contributed by atoms with E-state index in [-0.39, 0.29) is 47.4 Å². The Balaban J connectivity index is 2.24. The Morgan fingerprint density at radius 1 is 1.05 bits per heavy atom. The van der Waals surface area contributed by atoms with Crippen molar-refractivity contribution in [2.24, 2.45) is 27.2 Å². The Bertz CT molecular complexity index is 925. The Kier molecular flexibility index (Phi) is 17.4. The van der Waals surface area contributed by atoms with Crippen LogP contribution in [0.25, 0.3) is 0 Å². The smallest absolute Gasteiger partial charge is 0.246 e. The highest BCUT2D eigenvalue weighted by Crippen LogP contribution is 2.35. The van der Waals surface area contributed by atoms with E-state index < -0.39 is 18.0 Å². The van der Waals surface area contributed by atoms with Crippen molar-refractivity contribution in [1.29, 1.82) is 0 Å². The average Bonchev–Trinajstić information content (AvgIpc) is 2.88. The molecule has 1 aliphatic rings. The highest BCUT2D eigenvalue weighted by Gasteiger charge is 2.32. The first-order valence-corrected chi connectivity index (χ1v) is 16.5.